The maximum atomic E-state index is 11.9. The molecule has 0 saturated carbocycles. The minimum Gasteiger partial charge on any atom is -0.398 e. The Balaban J connectivity index is 2.92. The topological polar surface area (TPSA) is 113 Å². The number of nitrogen functional groups attached to an aromatic ring is 1. The van der Waals surface area contributed by atoms with Crippen molar-refractivity contribution in [2.45, 2.75) is 4.90 Å². The van der Waals surface area contributed by atoms with Gasteiger partial charge in [-0.2, -0.15) is 5.26 Å². The summed E-state index contributed by atoms with van der Waals surface area (Å²) in [4.78, 5) is -0.0802. The Labute approximate surface area is 108 Å². The lowest BCUT2D eigenvalue weighted by molar-refractivity contribution is 0.584. The van der Waals surface area contributed by atoms with Crippen LogP contribution < -0.4 is 10.5 Å². The van der Waals surface area contributed by atoms with E-state index in [1.807, 2.05) is 6.07 Å². The maximum absolute atomic E-state index is 11.9. The summed E-state index contributed by atoms with van der Waals surface area (Å²) in [6.45, 7) is 0.0743. The van der Waals surface area contributed by atoms with E-state index in [4.69, 9.17) is 11.0 Å². The van der Waals surface area contributed by atoms with Gasteiger partial charge in [-0.05, 0) is 18.2 Å². The molecule has 0 aliphatic heterocycles. The van der Waals surface area contributed by atoms with Crippen LogP contribution in [0.25, 0.3) is 0 Å². The monoisotopic (exact) mass is 287 g/mol. The lowest BCUT2D eigenvalue weighted by Crippen LogP contribution is -2.28. The van der Waals surface area contributed by atoms with E-state index >= 15 is 0 Å². The molecule has 18 heavy (non-hydrogen) atoms. The summed E-state index contributed by atoms with van der Waals surface area (Å²) in [5.41, 5.74) is 5.89. The first-order valence-corrected chi connectivity index (χ1v) is 8.17. The molecule has 1 rings (SSSR count). The predicted octanol–water partition coefficient (Wildman–Crippen LogP) is -0.203. The van der Waals surface area contributed by atoms with Crippen LogP contribution in [0.3, 0.4) is 0 Å². The van der Waals surface area contributed by atoms with Crippen molar-refractivity contribution in [3.8, 4) is 6.07 Å². The molecule has 0 bridgehead atoms. The summed E-state index contributed by atoms with van der Waals surface area (Å²) in [5.74, 6) is 0.232. The normalized spacial score (nSPS) is 12.9. The van der Waals surface area contributed by atoms with Crippen LogP contribution in [-0.2, 0) is 20.8 Å². The number of nitrogens with one attached hydrogen (secondary N) is 1. The van der Waals surface area contributed by atoms with Crippen molar-refractivity contribution in [1.29, 1.82) is 5.26 Å². The first-order chi connectivity index (χ1) is 8.36. The van der Waals surface area contributed by atoms with Crippen LogP contribution >= 0.6 is 0 Å². The van der Waals surface area contributed by atoms with Gasteiger partial charge in [0.25, 0.3) is 0 Å². The van der Waals surface area contributed by atoms with Gasteiger partial charge in [0.15, 0.2) is 0 Å². The molecule has 0 saturated heterocycles. The van der Waals surface area contributed by atoms with Gasteiger partial charge in [-0.3, -0.25) is 4.21 Å². The number of sulfonamides is 1. The van der Waals surface area contributed by atoms with Crippen molar-refractivity contribution in [2.24, 2.45) is 0 Å². The molecule has 6 nitrogen and oxygen atoms in total. The average molecular weight is 287 g/mol. The van der Waals surface area contributed by atoms with E-state index in [1.165, 1.54) is 24.5 Å². The highest BCUT2D eigenvalue weighted by Crippen LogP contribution is 2.19. The van der Waals surface area contributed by atoms with Gasteiger partial charge in [0, 0.05) is 29.4 Å². The van der Waals surface area contributed by atoms with Crippen molar-refractivity contribution >= 4 is 26.5 Å². The fraction of sp³-hybridized carbons (Fsp3) is 0.300. The summed E-state index contributed by atoms with van der Waals surface area (Å²) < 4.78 is 36.9. The fourth-order valence-electron chi connectivity index (χ4n) is 1.26. The second-order valence-electron chi connectivity index (χ2n) is 3.54. The third kappa shape index (κ3) is 3.80. The lowest BCUT2D eigenvalue weighted by atomic mass is 10.2. The van der Waals surface area contributed by atoms with Crippen molar-refractivity contribution < 1.29 is 12.6 Å². The van der Waals surface area contributed by atoms with Crippen LogP contribution in [0.4, 0.5) is 5.69 Å². The van der Waals surface area contributed by atoms with E-state index in [0.29, 0.717) is 5.56 Å². The lowest BCUT2D eigenvalue weighted by Gasteiger charge is -2.08. The van der Waals surface area contributed by atoms with Gasteiger partial charge < -0.3 is 5.73 Å². The maximum Gasteiger partial charge on any atom is 0.242 e. The molecular weight excluding hydrogens is 274 g/mol. The van der Waals surface area contributed by atoms with Crippen molar-refractivity contribution in [2.75, 3.05) is 24.3 Å². The van der Waals surface area contributed by atoms with Crippen LogP contribution in [0.15, 0.2) is 23.1 Å². The predicted molar refractivity (Wildman–Crippen MR) is 69.7 cm³/mol. The van der Waals surface area contributed by atoms with E-state index < -0.39 is 20.8 Å². The van der Waals surface area contributed by atoms with E-state index in [-0.39, 0.29) is 22.9 Å². The number of hydrogen-bond donors (Lipinski definition) is 2. The van der Waals surface area contributed by atoms with Crippen molar-refractivity contribution in [3.63, 3.8) is 0 Å². The summed E-state index contributed by atoms with van der Waals surface area (Å²) in [7, 11) is -4.80. The van der Waals surface area contributed by atoms with E-state index in [9.17, 15) is 12.6 Å². The van der Waals surface area contributed by atoms with E-state index in [2.05, 4.69) is 4.72 Å². The minimum atomic E-state index is -3.73. The molecule has 0 aliphatic rings. The number of nitrogens with zero attached hydrogens (tertiary/aromatic N) is 1. The van der Waals surface area contributed by atoms with Crippen LogP contribution in [-0.4, -0.2) is 31.2 Å². The van der Waals surface area contributed by atoms with Gasteiger partial charge >= 0.3 is 0 Å². The second kappa shape index (κ2) is 5.95. The zero-order chi connectivity index (χ0) is 13.8. The summed E-state index contributed by atoms with van der Waals surface area (Å²) in [6, 6.07) is 5.82. The van der Waals surface area contributed by atoms with Crippen molar-refractivity contribution in [3.05, 3.63) is 23.8 Å². The third-order valence-electron chi connectivity index (χ3n) is 2.11. The average Bonchev–Trinajstić information content (AvgIpc) is 2.27. The van der Waals surface area contributed by atoms with Gasteiger partial charge in [0.1, 0.15) is 4.90 Å². The standard InChI is InChI=1S/C10H13N3O3S2/c1-17(14)5-4-13-18(15,16)10-3-2-8(7-11)6-9(10)12/h2-3,6,13H,4-5,12H2,1H3. The van der Waals surface area contributed by atoms with Gasteiger partial charge in [0.05, 0.1) is 17.3 Å². The highest BCUT2D eigenvalue weighted by Gasteiger charge is 2.17. The second-order valence-corrected chi connectivity index (χ2v) is 6.83. The molecule has 1 atom stereocenters. The molecule has 0 spiro atoms. The number of rotatable bonds is 5. The first-order valence-electron chi connectivity index (χ1n) is 4.96. The molecule has 0 fully saturated rings. The van der Waals surface area contributed by atoms with Crippen LogP contribution in [0.1, 0.15) is 5.56 Å². The zero-order valence-electron chi connectivity index (χ0n) is 9.71. The molecule has 8 heteroatoms. The minimum absolute atomic E-state index is 0.0131. The fourth-order valence-corrected chi connectivity index (χ4v) is 2.92. The quantitative estimate of drug-likeness (QED) is 0.728. The van der Waals surface area contributed by atoms with Crippen LogP contribution in [0.2, 0.25) is 0 Å². The summed E-state index contributed by atoms with van der Waals surface area (Å²) >= 11 is 0. The van der Waals surface area contributed by atoms with E-state index in [0.717, 1.165) is 0 Å². The number of nitrogens with two attached hydrogens (primary N) is 1. The smallest absolute Gasteiger partial charge is 0.242 e. The Morgan fingerprint density at radius 3 is 2.67 bits per heavy atom. The number of nitriles is 1. The van der Waals surface area contributed by atoms with Crippen LogP contribution in [0, 0.1) is 11.3 Å². The Morgan fingerprint density at radius 2 is 2.17 bits per heavy atom. The number of anilines is 1. The Kier molecular flexibility index (Phi) is 4.84. The molecular formula is C10H13N3O3S2. The SMILES string of the molecule is CS(=O)CCNS(=O)(=O)c1ccc(C#N)cc1N. The molecule has 0 amide bonds. The Hall–Kier alpha value is -1.43. The molecule has 0 aliphatic carbocycles. The highest BCUT2D eigenvalue weighted by atomic mass is 32.2. The molecule has 0 heterocycles. The van der Waals surface area contributed by atoms with Crippen molar-refractivity contribution in [1.82, 2.24) is 4.72 Å². The molecule has 1 unspecified atom stereocenters. The third-order valence-corrected chi connectivity index (χ3v) is 4.42. The number of hydrogen-bond acceptors (Lipinski definition) is 5. The largest absolute Gasteiger partial charge is 0.398 e. The molecule has 3 N–H and O–H groups in total. The summed E-state index contributed by atoms with van der Waals surface area (Å²) in [5, 5.41) is 8.65. The van der Waals surface area contributed by atoms with E-state index in [1.54, 1.807) is 0 Å². The molecule has 0 radical (unpaired) electrons. The highest BCUT2D eigenvalue weighted by molar-refractivity contribution is 7.89. The van der Waals surface area contributed by atoms with Crippen LogP contribution in [0.5, 0.6) is 0 Å². The molecule has 0 aromatic heterocycles. The van der Waals surface area contributed by atoms with Gasteiger partial charge in [-0.25, -0.2) is 13.1 Å². The van der Waals surface area contributed by atoms with Gasteiger partial charge in [0.2, 0.25) is 10.0 Å². The Morgan fingerprint density at radius 1 is 1.50 bits per heavy atom. The Bertz CT molecular complexity index is 605. The first kappa shape index (κ1) is 14.6. The molecule has 1 aromatic carbocycles. The van der Waals surface area contributed by atoms with Gasteiger partial charge in [-0.1, -0.05) is 0 Å². The zero-order valence-corrected chi connectivity index (χ0v) is 11.3. The number of benzene rings is 1. The molecule has 1 aromatic rings. The van der Waals surface area contributed by atoms with Gasteiger partial charge in [-0.15, -0.1) is 0 Å². The summed E-state index contributed by atoms with van der Waals surface area (Å²) in [6.07, 6.45) is 1.49. The molecule has 98 valence electrons.